The summed E-state index contributed by atoms with van der Waals surface area (Å²) in [6.07, 6.45) is 0. The second-order valence-corrected chi connectivity index (χ2v) is 5.52. The lowest BCUT2D eigenvalue weighted by molar-refractivity contribution is 0.215. The van der Waals surface area contributed by atoms with Crippen LogP contribution in [0.1, 0.15) is 39.3 Å². The van der Waals surface area contributed by atoms with Gasteiger partial charge in [0.2, 0.25) is 0 Å². The van der Waals surface area contributed by atoms with Gasteiger partial charge >= 0.3 is 0 Å². The van der Waals surface area contributed by atoms with Gasteiger partial charge in [0.15, 0.2) is 0 Å². The summed E-state index contributed by atoms with van der Waals surface area (Å²) < 4.78 is 14.2. The topological polar surface area (TPSA) is 35.5 Å². The first-order chi connectivity index (χ1) is 8.83. The van der Waals surface area contributed by atoms with E-state index in [1.807, 2.05) is 33.8 Å². The van der Waals surface area contributed by atoms with Crippen LogP contribution in [0.15, 0.2) is 18.2 Å². The summed E-state index contributed by atoms with van der Waals surface area (Å²) in [6.45, 7) is 8.61. The minimum Gasteiger partial charge on any atom is -0.394 e. The molecule has 4 heteroatoms. The highest BCUT2D eigenvalue weighted by Crippen LogP contribution is 2.27. The van der Waals surface area contributed by atoms with Gasteiger partial charge in [0.05, 0.1) is 17.8 Å². The molecule has 0 bridgehead atoms. The van der Waals surface area contributed by atoms with E-state index in [1.54, 1.807) is 24.1 Å². The van der Waals surface area contributed by atoms with E-state index in [-0.39, 0.29) is 18.5 Å². The summed E-state index contributed by atoms with van der Waals surface area (Å²) in [5.74, 6) is -0.258. The quantitative estimate of drug-likeness (QED) is 0.832. The molecule has 1 rings (SSSR count). The molecule has 1 unspecified atom stereocenters. The molecule has 0 fully saturated rings. The van der Waals surface area contributed by atoms with Gasteiger partial charge < -0.3 is 15.3 Å². The number of hydrogen-bond donors (Lipinski definition) is 2. The van der Waals surface area contributed by atoms with Crippen LogP contribution in [-0.2, 0) is 0 Å². The summed E-state index contributed by atoms with van der Waals surface area (Å²) in [5, 5.41) is 12.6. The number of aliphatic hydroxyl groups excluding tert-OH is 1. The van der Waals surface area contributed by atoms with Crippen LogP contribution in [0.25, 0.3) is 0 Å². The minimum absolute atomic E-state index is 0.0293. The number of nitrogens with zero attached hydrogens (tertiary/aromatic N) is 1. The maximum Gasteiger partial charge on any atom is 0.146 e. The maximum absolute atomic E-state index is 14.2. The van der Waals surface area contributed by atoms with E-state index >= 15 is 0 Å². The largest absolute Gasteiger partial charge is 0.394 e. The zero-order valence-electron chi connectivity index (χ0n) is 12.5. The molecule has 1 aromatic rings. The monoisotopic (exact) mass is 268 g/mol. The number of aliphatic hydroxyl groups is 1. The van der Waals surface area contributed by atoms with Crippen LogP contribution >= 0.6 is 0 Å². The van der Waals surface area contributed by atoms with Crippen molar-refractivity contribution in [3.63, 3.8) is 0 Å². The molecule has 0 radical (unpaired) electrons. The number of likely N-dealkylation sites (N-methyl/N-ethyl adjacent to an activating group) is 1. The Morgan fingerprint density at radius 3 is 2.53 bits per heavy atom. The molecule has 1 aromatic carbocycles. The Bertz CT molecular complexity index is 421. The van der Waals surface area contributed by atoms with Gasteiger partial charge in [-0.15, -0.1) is 0 Å². The van der Waals surface area contributed by atoms with Crippen LogP contribution in [-0.4, -0.2) is 30.8 Å². The summed E-state index contributed by atoms with van der Waals surface area (Å²) in [4.78, 5) is 1.77. The molecule has 0 aliphatic heterocycles. The molecule has 0 saturated carbocycles. The van der Waals surface area contributed by atoms with Crippen molar-refractivity contribution in [1.82, 2.24) is 5.32 Å². The summed E-state index contributed by atoms with van der Waals surface area (Å²) in [6, 6.07) is 5.39. The molecule has 0 amide bonds. The number of benzene rings is 1. The Labute approximate surface area is 115 Å². The van der Waals surface area contributed by atoms with E-state index in [0.29, 0.717) is 5.69 Å². The van der Waals surface area contributed by atoms with Crippen molar-refractivity contribution in [3.8, 4) is 0 Å². The van der Waals surface area contributed by atoms with Gasteiger partial charge in [-0.05, 0) is 45.0 Å². The molecule has 1 atom stereocenters. The molecular formula is C15H25FN2O. The normalized spacial score (nSPS) is 13.4. The molecule has 0 aliphatic rings. The van der Waals surface area contributed by atoms with Gasteiger partial charge in [-0.1, -0.05) is 13.0 Å². The lowest BCUT2D eigenvalue weighted by Crippen LogP contribution is -2.44. The van der Waals surface area contributed by atoms with E-state index in [0.717, 1.165) is 12.1 Å². The first-order valence-corrected chi connectivity index (χ1v) is 6.71. The third-order valence-corrected chi connectivity index (χ3v) is 3.64. The predicted octanol–water partition coefficient (Wildman–Crippen LogP) is 2.70. The summed E-state index contributed by atoms with van der Waals surface area (Å²) in [7, 11) is 1.79. The highest BCUT2D eigenvalue weighted by atomic mass is 19.1. The van der Waals surface area contributed by atoms with Crippen molar-refractivity contribution < 1.29 is 9.50 Å². The molecule has 0 aliphatic carbocycles. The van der Waals surface area contributed by atoms with E-state index in [2.05, 4.69) is 5.32 Å². The van der Waals surface area contributed by atoms with Crippen LogP contribution in [0.2, 0.25) is 0 Å². The highest BCUT2D eigenvalue weighted by Gasteiger charge is 2.25. The predicted molar refractivity (Wildman–Crippen MR) is 78.1 cm³/mol. The fourth-order valence-electron chi connectivity index (χ4n) is 1.92. The molecule has 0 heterocycles. The van der Waals surface area contributed by atoms with E-state index in [9.17, 15) is 9.50 Å². The number of hydrogen-bond acceptors (Lipinski definition) is 3. The fraction of sp³-hybridized carbons (Fsp3) is 0.600. The third kappa shape index (κ3) is 3.67. The van der Waals surface area contributed by atoms with E-state index in [4.69, 9.17) is 0 Å². The Kier molecular flexibility index (Phi) is 5.32. The van der Waals surface area contributed by atoms with Gasteiger partial charge in [-0.3, -0.25) is 0 Å². The Hall–Kier alpha value is -1.13. The maximum atomic E-state index is 14.2. The van der Waals surface area contributed by atoms with Crippen molar-refractivity contribution in [3.05, 3.63) is 29.6 Å². The van der Waals surface area contributed by atoms with E-state index < -0.39 is 5.54 Å². The fourth-order valence-corrected chi connectivity index (χ4v) is 1.92. The molecule has 108 valence electrons. The Morgan fingerprint density at radius 1 is 1.42 bits per heavy atom. The molecule has 3 nitrogen and oxygen atoms in total. The first-order valence-electron chi connectivity index (χ1n) is 6.71. The van der Waals surface area contributed by atoms with Gasteiger partial charge in [0.1, 0.15) is 5.82 Å². The number of anilines is 1. The van der Waals surface area contributed by atoms with Gasteiger partial charge in [0.25, 0.3) is 0 Å². The molecule has 19 heavy (non-hydrogen) atoms. The molecule has 2 N–H and O–H groups in total. The first kappa shape index (κ1) is 15.9. The Balaban J connectivity index is 3.01. The van der Waals surface area contributed by atoms with E-state index in [1.165, 1.54) is 0 Å². The molecule has 0 aromatic heterocycles. The lowest BCUT2D eigenvalue weighted by atomic mass is 10.0. The molecule has 0 saturated heterocycles. The van der Waals surface area contributed by atoms with Gasteiger partial charge in [-0.2, -0.15) is 0 Å². The van der Waals surface area contributed by atoms with Gasteiger partial charge in [-0.25, -0.2) is 4.39 Å². The van der Waals surface area contributed by atoms with Crippen LogP contribution in [0.4, 0.5) is 10.1 Å². The van der Waals surface area contributed by atoms with Crippen molar-refractivity contribution in [1.29, 1.82) is 0 Å². The zero-order chi connectivity index (χ0) is 14.6. The van der Waals surface area contributed by atoms with Crippen molar-refractivity contribution in [2.45, 2.75) is 39.3 Å². The van der Waals surface area contributed by atoms with Crippen LogP contribution in [0.3, 0.4) is 0 Å². The standard InChI is InChI=1S/C15H25FN2O/c1-6-17-11(2)12-7-8-14(13(16)9-12)18(5)15(3,4)10-19/h7-9,11,17,19H,6,10H2,1-5H3. The van der Waals surface area contributed by atoms with Crippen LogP contribution in [0.5, 0.6) is 0 Å². The number of rotatable bonds is 6. The van der Waals surface area contributed by atoms with Crippen molar-refractivity contribution in [2.24, 2.45) is 0 Å². The second-order valence-electron chi connectivity index (χ2n) is 5.52. The average Bonchev–Trinajstić information content (AvgIpc) is 2.38. The van der Waals surface area contributed by atoms with Crippen molar-refractivity contribution in [2.75, 3.05) is 25.1 Å². The van der Waals surface area contributed by atoms with Crippen LogP contribution < -0.4 is 10.2 Å². The second kappa shape index (κ2) is 6.35. The molecule has 0 spiro atoms. The number of nitrogens with one attached hydrogen (secondary N) is 1. The lowest BCUT2D eigenvalue weighted by Gasteiger charge is -2.36. The van der Waals surface area contributed by atoms with Gasteiger partial charge in [0, 0.05) is 13.1 Å². The smallest absolute Gasteiger partial charge is 0.146 e. The Morgan fingerprint density at radius 2 is 2.05 bits per heavy atom. The SMILES string of the molecule is CCNC(C)c1ccc(N(C)C(C)(C)CO)c(F)c1. The molecular weight excluding hydrogens is 243 g/mol. The highest BCUT2D eigenvalue weighted by molar-refractivity contribution is 5.51. The summed E-state index contributed by atoms with van der Waals surface area (Å²) in [5.41, 5.74) is 0.945. The third-order valence-electron chi connectivity index (χ3n) is 3.64. The van der Waals surface area contributed by atoms with Crippen molar-refractivity contribution >= 4 is 5.69 Å². The number of halogens is 1. The van der Waals surface area contributed by atoms with Crippen LogP contribution in [0, 0.1) is 5.82 Å². The zero-order valence-corrected chi connectivity index (χ0v) is 12.5. The minimum atomic E-state index is -0.490. The average molecular weight is 268 g/mol. The summed E-state index contributed by atoms with van der Waals surface area (Å²) >= 11 is 0.